The van der Waals surface area contributed by atoms with Crippen LogP contribution in [0.15, 0.2) is 72.8 Å². The Hall–Kier alpha value is -5.92. The molecule has 0 spiro atoms. The summed E-state index contributed by atoms with van der Waals surface area (Å²) in [5.41, 5.74) is -16.4. The van der Waals surface area contributed by atoms with Crippen LogP contribution in [0, 0.1) is 0 Å². The second kappa shape index (κ2) is 21.5. The minimum absolute atomic E-state index is 0.0622. The molecule has 2 aliphatic heterocycles. The number of carbonyl (C=O) groups excluding carboxylic acids is 2. The monoisotopic (exact) mass is 1110 g/mol. The number of fused-ring (bicyclic) bond motifs is 2. The van der Waals surface area contributed by atoms with Gasteiger partial charge in [0.25, 0.3) is 0 Å². The van der Waals surface area contributed by atoms with Crippen molar-refractivity contribution in [2.24, 2.45) is 0 Å². The number of hydrogen-bond acceptors (Lipinski definition) is 6. The van der Waals surface area contributed by atoms with Crippen molar-refractivity contribution in [1.82, 2.24) is 0 Å². The van der Waals surface area contributed by atoms with Crippen LogP contribution in [0.5, 0.6) is 0 Å². The molecule has 0 saturated carbocycles. The Morgan fingerprint density at radius 2 is 0.684 bits per heavy atom. The molecule has 0 unspecified atom stereocenters. The molecule has 26 heteroatoms. The minimum Gasteiger partial charge on any atom is -0.449 e. The van der Waals surface area contributed by atoms with Crippen molar-refractivity contribution in [3.63, 3.8) is 0 Å². The molecule has 0 bridgehead atoms. The molecule has 6 atom stereocenters. The van der Waals surface area contributed by atoms with E-state index in [-0.39, 0.29) is 73.5 Å². The van der Waals surface area contributed by atoms with E-state index in [1.807, 2.05) is 0 Å². The Balaban J connectivity index is 0.000000281. The fourth-order valence-electron chi connectivity index (χ4n) is 9.40. The van der Waals surface area contributed by atoms with Crippen LogP contribution >= 0.6 is 0 Å². The van der Waals surface area contributed by atoms with Crippen LogP contribution in [-0.2, 0) is 57.7 Å². The summed E-state index contributed by atoms with van der Waals surface area (Å²) in [5, 5.41) is 23.0. The van der Waals surface area contributed by atoms with E-state index in [0.29, 0.717) is 48.5 Å². The second-order valence-electron chi connectivity index (χ2n) is 18.3. The smallest absolute Gasteiger partial charge is 0.416 e. The summed E-state index contributed by atoms with van der Waals surface area (Å²) in [4.78, 5) is 27.6. The Kier molecular flexibility index (Phi) is 17.2. The van der Waals surface area contributed by atoms with E-state index in [4.69, 9.17) is 9.47 Å². The van der Waals surface area contributed by atoms with Crippen molar-refractivity contribution in [2.75, 3.05) is 23.0 Å². The van der Waals surface area contributed by atoms with Gasteiger partial charge in [-0.1, -0.05) is 13.8 Å². The van der Waals surface area contributed by atoms with Crippen LogP contribution in [0.3, 0.4) is 0 Å². The molecule has 4 aromatic rings. The molecular weight excluding hydrogens is 1070 g/mol. The highest BCUT2D eigenvalue weighted by atomic mass is 19.4. The van der Waals surface area contributed by atoms with Gasteiger partial charge in [-0.2, -0.15) is 79.0 Å². The van der Waals surface area contributed by atoms with E-state index in [9.17, 15) is 98.8 Å². The highest BCUT2D eigenvalue weighted by Crippen LogP contribution is 2.53. The van der Waals surface area contributed by atoms with Crippen molar-refractivity contribution in [3.05, 3.63) is 128 Å². The summed E-state index contributed by atoms with van der Waals surface area (Å²) in [6.45, 7) is 8.05. The lowest BCUT2D eigenvalue weighted by atomic mass is 9.71. The number of hydrogen-bond donors (Lipinski definition) is 2. The summed E-state index contributed by atoms with van der Waals surface area (Å²) in [6, 6.07) is 4.24. The standard InChI is InChI=1S/2C25H24F9NO3/c2*1-4-17-12-19(18-11-13(23(26,27)28)6-7-20(18)35(17)21(36)38-5-2)22(3,37)14-8-15(24(29,30)31)10-16(9-14)25(32,33)34/h2*6-11,17,19,37H,4-5,12H2,1-3H3/t17-,19+,22+;17-,19+,22-/m11/s1. The fraction of sp³-hybridized carbons (Fsp3) is 0.480. The Morgan fingerprint density at radius 3 is 0.908 bits per heavy atom. The number of amides is 2. The van der Waals surface area contributed by atoms with E-state index >= 15 is 0 Å². The maximum Gasteiger partial charge on any atom is 0.416 e. The first-order chi connectivity index (χ1) is 34.6. The maximum atomic E-state index is 13.6. The lowest BCUT2D eigenvalue weighted by Crippen LogP contribution is -2.48. The molecule has 4 aromatic carbocycles. The van der Waals surface area contributed by atoms with Crippen LogP contribution in [0.4, 0.5) is 100.0 Å². The number of nitrogens with zero attached hydrogens (tertiary/aromatic N) is 2. The van der Waals surface area contributed by atoms with Crippen molar-refractivity contribution in [2.45, 2.75) is 139 Å². The molecule has 0 aliphatic carbocycles. The van der Waals surface area contributed by atoms with Crippen molar-refractivity contribution >= 4 is 23.6 Å². The SMILES string of the molecule is CCOC(=O)N1c2ccc(C(F)(F)F)cc2[C@@H]([C@@](C)(O)c2cc(C(F)(F)F)cc(C(F)(F)F)c2)C[C@H]1CC.CCOC(=O)N1c2ccc(C(F)(F)F)cc2[C@@H]([C@](C)(O)c2cc(C(F)(F)F)cc(C(F)(F)F)c2)C[C@H]1CC. The van der Waals surface area contributed by atoms with Gasteiger partial charge in [0, 0.05) is 23.9 Å². The number of halogens is 18. The number of aliphatic hydroxyl groups is 2. The molecule has 0 fully saturated rings. The number of alkyl halides is 18. The molecule has 2 N–H and O–H groups in total. The topological polar surface area (TPSA) is 99.5 Å². The number of anilines is 2. The van der Waals surface area contributed by atoms with E-state index in [0.717, 1.165) is 35.8 Å². The lowest BCUT2D eigenvalue weighted by molar-refractivity contribution is -0.145. The molecule has 6 rings (SSSR count). The third-order valence-corrected chi connectivity index (χ3v) is 13.3. The Labute approximate surface area is 422 Å². The zero-order valence-electron chi connectivity index (χ0n) is 40.7. The maximum absolute atomic E-state index is 13.6. The molecule has 2 heterocycles. The molecule has 0 radical (unpaired) electrons. The van der Waals surface area contributed by atoms with Gasteiger partial charge in [0.1, 0.15) is 0 Å². The quantitative estimate of drug-likeness (QED) is 0.171. The predicted octanol–water partition coefficient (Wildman–Crippen LogP) is 15.8. The van der Waals surface area contributed by atoms with Crippen molar-refractivity contribution in [3.8, 4) is 0 Å². The molecule has 76 heavy (non-hydrogen) atoms. The van der Waals surface area contributed by atoms with E-state index < -0.39 is 129 Å². The first-order valence-electron chi connectivity index (χ1n) is 23.0. The summed E-state index contributed by atoms with van der Waals surface area (Å²) in [6.07, 6.45) is -32.5. The van der Waals surface area contributed by atoms with Crippen LogP contribution in [-0.4, -0.2) is 47.7 Å². The lowest BCUT2D eigenvalue weighted by Gasteiger charge is -2.45. The van der Waals surface area contributed by atoms with E-state index in [2.05, 4.69) is 0 Å². The number of rotatable bonds is 8. The Bertz CT molecular complexity index is 2490. The first-order valence-corrected chi connectivity index (χ1v) is 23.0. The summed E-state index contributed by atoms with van der Waals surface area (Å²) >= 11 is 0. The Morgan fingerprint density at radius 1 is 0.434 bits per heavy atom. The number of carbonyl (C=O) groups is 2. The van der Waals surface area contributed by atoms with Crippen molar-refractivity contribution < 1.29 is 108 Å². The molecule has 2 aliphatic rings. The van der Waals surface area contributed by atoms with Gasteiger partial charge in [0.2, 0.25) is 0 Å². The third-order valence-electron chi connectivity index (χ3n) is 13.3. The average Bonchev–Trinajstić information content (AvgIpc) is 3.30. The van der Waals surface area contributed by atoms with Gasteiger partial charge in [-0.15, -0.1) is 0 Å². The highest BCUT2D eigenvalue weighted by Gasteiger charge is 2.50. The van der Waals surface area contributed by atoms with Crippen LogP contribution < -0.4 is 9.80 Å². The molecule has 8 nitrogen and oxygen atoms in total. The number of ether oxygens (including phenoxy) is 2. The molecule has 2 amide bonds. The van der Waals surface area contributed by atoms with Gasteiger partial charge in [-0.3, -0.25) is 9.80 Å². The third kappa shape index (κ3) is 12.9. The normalized spacial score (nSPS) is 20.1. The van der Waals surface area contributed by atoms with Gasteiger partial charge in [-0.05, 0) is 148 Å². The van der Waals surface area contributed by atoms with Crippen LogP contribution in [0.25, 0.3) is 0 Å². The van der Waals surface area contributed by atoms with Gasteiger partial charge >= 0.3 is 49.2 Å². The predicted molar refractivity (Wildman–Crippen MR) is 237 cm³/mol. The largest absolute Gasteiger partial charge is 0.449 e. The van der Waals surface area contributed by atoms with Gasteiger partial charge < -0.3 is 19.7 Å². The average molecular weight is 1110 g/mol. The van der Waals surface area contributed by atoms with E-state index in [1.54, 1.807) is 13.8 Å². The van der Waals surface area contributed by atoms with E-state index in [1.165, 1.54) is 13.8 Å². The zero-order valence-corrected chi connectivity index (χ0v) is 40.7. The minimum atomic E-state index is -5.20. The molecular formula is C50H48F18N2O6. The van der Waals surface area contributed by atoms with Gasteiger partial charge in [0.05, 0.1) is 69.2 Å². The molecule has 0 saturated heterocycles. The fourth-order valence-corrected chi connectivity index (χ4v) is 9.40. The summed E-state index contributed by atoms with van der Waals surface area (Å²) in [7, 11) is 0. The van der Waals surface area contributed by atoms with Gasteiger partial charge in [0.15, 0.2) is 0 Å². The second-order valence-corrected chi connectivity index (χ2v) is 18.3. The molecule has 420 valence electrons. The van der Waals surface area contributed by atoms with Crippen molar-refractivity contribution in [1.29, 1.82) is 0 Å². The summed E-state index contributed by atoms with van der Waals surface area (Å²) in [5.74, 6) is -2.83. The number of benzene rings is 4. The van der Waals surface area contributed by atoms with Gasteiger partial charge in [-0.25, -0.2) is 9.59 Å². The zero-order chi connectivity index (χ0) is 57.7. The molecule has 0 aromatic heterocycles. The highest BCUT2D eigenvalue weighted by molar-refractivity contribution is 5.91. The van der Waals surface area contributed by atoms with Crippen LogP contribution in [0.2, 0.25) is 0 Å². The van der Waals surface area contributed by atoms with Crippen LogP contribution in [0.1, 0.15) is 135 Å². The summed E-state index contributed by atoms with van der Waals surface area (Å²) < 4.78 is 253. The first kappa shape index (κ1) is 60.9.